The first kappa shape index (κ1) is 22.6. The third-order valence-electron chi connectivity index (χ3n) is 9.17. The van der Waals surface area contributed by atoms with Crippen molar-refractivity contribution >= 4 is 0 Å². The standard InChI is InChI=1S/C28H35N2.BrH/c1-3-4-17-30(2)25-15-16-27(25)19-22(18-26(27)30)20-28(21-29,23-11-7-5-8-12-23)24-13-9-6-10-14-24;/h5-14,22,25-26H,3-4,15-20H2,1-2H3;1H/q+1;/p-1/t22-,25-,26-,27?,30?;/m0./s1. The van der Waals surface area contributed by atoms with Crippen molar-refractivity contribution in [1.82, 2.24) is 0 Å². The second kappa shape index (κ2) is 8.38. The molecule has 2 aliphatic carbocycles. The molecule has 0 N–H and O–H groups in total. The number of unbranched alkanes of at least 4 members (excludes halogenated alkanes) is 1. The first-order chi connectivity index (χ1) is 14.6. The van der Waals surface area contributed by atoms with E-state index >= 15 is 0 Å². The molecule has 0 bridgehead atoms. The number of piperidine rings is 1. The molecular formula is C28H35BrN2. The number of rotatable bonds is 7. The summed E-state index contributed by atoms with van der Waals surface area (Å²) in [6.07, 6.45) is 9.09. The molecule has 1 heterocycles. The third-order valence-corrected chi connectivity index (χ3v) is 9.17. The molecule has 3 aliphatic rings. The summed E-state index contributed by atoms with van der Waals surface area (Å²) in [5, 5.41) is 10.6. The Morgan fingerprint density at radius 3 is 2.13 bits per heavy atom. The van der Waals surface area contributed by atoms with E-state index < -0.39 is 5.41 Å². The van der Waals surface area contributed by atoms with Crippen LogP contribution < -0.4 is 17.0 Å². The maximum absolute atomic E-state index is 10.6. The zero-order valence-electron chi connectivity index (χ0n) is 18.9. The molecule has 1 saturated heterocycles. The number of nitriles is 1. The van der Waals surface area contributed by atoms with Crippen molar-refractivity contribution in [3.63, 3.8) is 0 Å². The molecule has 3 heteroatoms. The Kier molecular flexibility index (Phi) is 6.10. The van der Waals surface area contributed by atoms with Crippen LogP contribution in [0.15, 0.2) is 60.7 Å². The van der Waals surface area contributed by atoms with E-state index in [4.69, 9.17) is 0 Å². The lowest BCUT2D eigenvalue weighted by Crippen LogP contribution is -3.00. The maximum Gasteiger partial charge on any atom is 0.107 e. The number of hydrogen-bond acceptors (Lipinski definition) is 1. The van der Waals surface area contributed by atoms with Crippen LogP contribution in [0.1, 0.15) is 63.0 Å². The second-order valence-electron chi connectivity index (χ2n) is 10.5. The van der Waals surface area contributed by atoms with Crippen LogP contribution in [-0.4, -0.2) is 30.2 Å². The molecule has 2 saturated carbocycles. The summed E-state index contributed by atoms with van der Waals surface area (Å²) in [6, 6.07) is 25.6. The summed E-state index contributed by atoms with van der Waals surface area (Å²) in [5.41, 5.74) is 2.37. The van der Waals surface area contributed by atoms with Gasteiger partial charge in [-0.15, -0.1) is 0 Å². The topological polar surface area (TPSA) is 23.8 Å². The minimum absolute atomic E-state index is 0. The highest BCUT2D eigenvalue weighted by molar-refractivity contribution is 5.46. The van der Waals surface area contributed by atoms with Crippen LogP contribution in [0, 0.1) is 22.7 Å². The van der Waals surface area contributed by atoms with Crippen molar-refractivity contribution in [3.05, 3.63) is 71.8 Å². The van der Waals surface area contributed by atoms with Gasteiger partial charge in [0.15, 0.2) is 0 Å². The summed E-state index contributed by atoms with van der Waals surface area (Å²) < 4.78 is 1.32. The van der Waals surface area contributed by atoms with Gasteiger partial charge in [-0.25, -0.2) is 0 Å². The second-order valence-corrected chi connectivity index (χ2v) is 10.5. The van der Waals surface area contributed by atoms with Crippen molar-refractivity contribution in [2.75, 3.05) is 13.6 Å². The molecule has 3 fully saturated rings. The molecule has 31 heavy (non-hydrogen) atoms. The molecule has 0 aromatic heterocycles. The van der Waals surface area contributed by atoms with E-state index in [1.54, 1.807) is 0 Å². The van der Waals surface area contributed by atoms with Crippen LogP contribution in [0.2, 0.25) is 0 Å². The number of likely N-dealkylation sites (tertiary alicyclic amines) is 1. The Balaban J connectivity index is 0.00000231. The highest BCUT2D eigenvalue weighted by Crippen LogP contribution is 2.70. The lowest BCUT2D eigenvalue weighted by atomic mass is 9.51. The minimum Gasteiger partial charge on any atom is -1.00 e. The van der Waals surface area contributed by atoms with Crippen LogP contribution in [0.4, 0.5) is 0 Å². The largest absolute Gasteiger partial charge is 1.00 e. The van der Waals surface area contributed by atoms with E-state index in [-0.39, 0.29) is 17.0 Å². The third kappa shape index (κ3) is 3.21. The van der Waals surface area contributed by atoms with Gasteiger partial charge in [0, 0.05) is 12.8 Å². The molecular weight excluding hydrogens is 444 g/mol. The van der Waals surface area contributed by atoms with E-state index in [0.29, 0.717) is 11.3 Å². The van der Waals surface area contributed by atoms with E-state index in [1.807, 2.05) is 0 Å². The fourth-order valence-corrected chi connectivity index (χ4v) is 7.85. The Labute approximate surface area is 198 Å². The highest BCUT2D eigenvalue weighted by atomic mass is 79.9. The van der Waals surface area contributed by atoms with Crippen molar-refractivity contribution < 1.29 is 21.5 Å². The lowest BCUT2D eigenvalue weighted by molar-refractivity contribution is -1.03. The molecule has 2 aromatic carbocycles. The summed E-state index contributed by atoms with van der Waals surface area (Å²) in [7, 11) is 2.54. The van der Waals surface area contributed by atoms with Crippen molar-refractivity contribution in [2.24, 2.45) is 11.3 Å². The fraction of sp³-hybridized carbons (Fsp3) is 0.536. The van der Waals surface area contributed by atoms with Gasteiger partial charge in [0.1, 0.15) is 17.5 Å². The Bertz CT molecular complexity index is 897. The zero-order chi connectivity index (χ0) is 20.8. The molecule has 1 spiro atoms. The molecule has 2 aromatic rings. The number of nitrogens with zero attached hydrogens (tertiary/aromatic N) is 2. The molecule has 1 aliphatic heterocycles. The van der Waals surface area contributed by atoms with Crippen molar-refractivity contribution in [2.45, 2.75) is 69.4 Å². The van der Waals surface area contributed by atoms with Gasteiger partial charge in [0.05, 0.1) is 25.1 Å². The van der Waals surface area contributed by atoms with Gasteiger partial charge in [-0.2, -0.15) is 5.26 Å². The van der Waals surface area contributed by atoms with Crippen molar-refractivity contribution in [3.8, 4) is 6.07 Å². The van der Waals surface area contributed by atoms with E-state index in [2.05, 4.69) is 80.7 Å². The van der Waals surface area contributed by atoms with Crippen LogP contribution in [0.25, 0.3) is 0 Å². The predicted octanol–water partition coefficient (Wildman–Crippen LogP) is 3.08. The van der Waals surface area contributed by atoms with E-state index in [1.165, 1.54) is 49.6 Å². The smallest absolute Gasteiger partial charge is 0.107 e. The van der Waals surface area contributed by atoms with E-state index in [0.717, 1.165) is 29.6 Å². The van der Waals surface area contributed by atoms with Gasteiger partial charge in [0.2, 0.25) is 0 Å². The fourth-order valence-electron chi connectivity index (χ4n) is 7.85. The molecule has 2 unspecified atom stereocenters. The zero-order valence-corrected chi connectivity index (χ0v) is 20.5. The van der Waals surface area contributed by atoms with Crippen molar-refractivity contribution in [1.29, 1.82) is 5.26 Å². The number of hydrogen-bond donors (Lipinski definition) is 0. The first-order valence-electron chi connectivity index (χ1n) is 12.0. The molecule has 5 atom stereocenters. The SMILES string of the molecule is CCCC[N+]1(C)[C@H]2CCC23C[C@@H](CC(C#N)(c2ccccc2)c2ccccc2)C[C@@H]31.[Br-]. The van der Waals surface area contributed by atoms with Gasteiger partial charge < -0.3 is 21.5 Å². The molecule has 164 valence electrons. The van der Waals surface area contributed by atoms with Crippen LogP contribution in [0.3, 0.4) is 0 Å². The predicted molar refractivity (Wildman–Crippen MR) is 122 cm³/mol. The summed E-state index contributed by atoms with van der Waals surface area (Å²) in [4.78, 5) is 0. The van der Waals surface area contributed by atoms with Gasteiger partial charge in [-0.1, -0.05) is 74.0 Å². The normalized spacial score (nSPS) is 33.1. The molecule has 5 rings (SSSR count). The van der Waals surface area contributed by atoms with Crippen LogP contribution in [-0.2, 0) is 5.41 Å². The van der Waals surface area contributed by atoms with Gasteiger partial charge in [-0.3, -0.25) is 0 Å². The maximum atomic E-state index is 10.6. The Hall–Kier alpha value is -1.63. The summed E-state index contributed by atoms with van der Waals surface area (Å²) >= 11 is 0. The number of halogens is 1. The Morgan fingerprint density at radius 1 is 1.03 bits per heavy atom. The first-order valence-corrected chi connectivity index (χ1v) is 12.0. The number of quaternary nitrogens is 1. The quantitative estimate of drug-likeness (QED) is 0.560. The number of benzene rings is 2. The van der Waals surface area contributed by atoms with Gasteiger partial charge >= 0.3 is 0 Å². The summed E-state index contributed by atoms with van der Waals surface area (Å²) in [5.74, 6) is 0.638. The monoisotopic (exact) mass is 478 g/mol. The average Bonchev–Trinajstić information content (AvgIpc) is 3.17. The van der Waals surface area contributed by atoms with Gasteiger partial charge in [0.25, 0.3) is 0 Å². The molecule has 0 amide bonds. The Morgan fingerprint density at radius 2 is 1.65 bits per heavy atom. The van der Waals surface area contributed by atoms with Crippen LogP contribution in [0.5, 0.6) is 0 Å². The highest BCUT2D eigenvalue weighted by Gasteiger charge is 2.77. The average molecular weight is 480 g/mol. The molecule has 2 nitrogen and oxygen atoms in total. The minimum atomic E-state index is -0.542. The van der Waals surface area contributed by atoms with E-state index in [9.17, 15) is 5.26 Å². The lowest BCUT2D eigenvalue weighted by Gasteiger charge is -2.71. The molecule has 0 radical (unpaired) electrons. The van der Waals surface area contributed by atoms with Gasteiger partial charge in [-0.05, 0) is 42.7 Å². The summed E-state index contributed by atoms with van der Waals surface area (Å²) in [6.45, 7) is 3.67. The van der Waals surface area contributed by atoms with Crippen LogP contribution >= 0.6 is 0 Å².